The van der Waals surface area contributed by atoms with Crippen molar-refractivity contribution in [1.29, 1.82) is 0 Å². The van der Waals surface area contributed by atoms with Crippen molar-refractivity contribution in [2.75, 3.05) is 26.8 Å². The molecular weight excluding hydrogens is 512 g/mol. The Bertz CT molecular complexity index is 1110. The molecule has 5 atom stereocenters. The Kier molecular flexibility index (Phi) is 9.97. The van der Waals surface area contributed by atoms with E-state index in [0.717, 1.165) is 49.8 Å². The van der Waals surface area contributed by atoms with Gasteiger partial charge in [-0.1, -0.05) is 23.8 Å². The topological polar surface area (TPSA) is 138 Å². The largest absolute Gasteiger partial charge is 0.497 e. The molecule has 218 valence electrons. The molecule has 0 bridgehead atoms. The molecule has 2 aliphatic heterocycles. The lowest BCUT2D eigenvalue weighted by molar-refractivity contribution is -0.134. The van der Waals surface area contributed by atoms with Crippen molar-refractivity contribution in [1.82, 2.24) is 21.3 Å². The zero-order chi connectivity index (χ0) is 28.7. The van der Waals surface area contributed by atoms with Gasteiger partial charge in [0, 0.05) is 13.0 Å². The van der Waals surface area contributed by atoms with Gasteiger partial charge in [-0.15, -0.1) is 0 Å². The Morgan fingerprint density at radius 2 is 1.77 bits per heavy atom. The maximum absolute atomic E-state index is 13.7. The molecule has 3 aliphatic rings. The van der Waals surface area contributed by atoms with Gasteiger partial charge in [0.2, 0.25) is 17.7 Å². The summed E-state index contributed by atoms with van der Waals surface area (Å²) in [6, 6.07) is 4.69. The van der Waals surface area contributed by atoms with Gasteiger partial charge in [-0.2, -0.15) is 0 Å². The first kappa shape index (κ1) is 29.7. The van der Waals surface area contributed by atoms with Crippen LogP contribution in [0.25, 0.3) is 0 Å². The van der Waals surface area contributed by atoms with E-state index in [4.69, 9.17) is 9.47 Å². The monoisotopic (exact) mass is 554 g/mol. The van der Waals surface area contributed by atoms with Gasteiger partial charge < -0.3 is 30.7 Å². The summed E-state index contributed by atoms with van der Waals surface area (Å²) in [5, 5.41) is 11.7. The number of epoxide rings is 1. The Morgan fingerprint density at radius 1 is 1.05 bits per heavy atom. The smallest absolute Gasteiger partial charge is 0.243 e. The number of methoxy groups -OCH3 is 1. The molecule has 2 saturated heterocycles. The van der Waals surface area contributed by atoms with Crippen LogP contribution >= 0.6 is 0 Å². The number of ketones is 1. The van der Waals surface area contributed by atoms with Gasteiger partial charge in [-0.25, -0.2) is 0 Å². The van der Waals surface area contributed by atoms with Crippen molar-refractivity contribution in [3.63, 3.8) is 0 Å². The van der Waals surface area contributed by atoms with Crippen LogP contribution in [-0.2, 0) is 30.3 Å². The van der Waals surface area contributed by atoms with Crippen molar-refractivity contribution in [2.45, 2.75) is 82.5 Å². The summed E-state index contributed by atoms with van der Waals surface area (Å²) in [6.07, 6.45) is 7.33. The second-order valence-electron chi connectivity index (χ2n) is 11.3. The molecule has 40 heavy (non-hydrogen) atoms. The first-order valence-electron chi connectivity index (χ1n) is 14.3. The first-order valence-corrected chi connectivity index (χ1v) is 14.3. The Labute approximate surface area is 236 Å². The van der Waals surface area contributed by atoms with Crippen LogP contribution in [0.5, 0.6) is 5.75 Å². The third kappa shape index (κ3) is 7.91. The molecule has 4 N–H and O–H groups in total. The molecule has 2 fully saturated rings. The molecule has 1 aromatic rings. The highest BCUT2D eigenvalue weighted by molar-refractivity contribution is 5.98. The number of benzene rings is 1. The number of amides is 3. The lowest BCUT2D eigenvalue weighted by Crippen LogP contribution is -2.57. The molecule has 3 amide bonds. The normalized spacial score (nSPS) is 24.2. The van der Waals surface area contributed by atoms with E-state index in [1.807, 2.05) is 12.1 Å². The van der Waals surface area contributed by atoms with E-state index < -0.39 is 35.5 Å². The van der Waals surface area contributed by atoms with Gasteiger partial charge in [0.05, 0.1) is 25.7 Å². The molecule has 0 spiro atoms. The number of hydrogen-bond acceptors (Lipinski definition) is 7. The van der Waals surface area contributed by atoms with Gasteiger partial charge in [-0.3, -0.25) is 19.2 Å². The molecule has 1 aromatic carbocycles. The van der Waals surface area contributed by atoms with Crippen LogP contribution in [0, 0.1) is 5.92 Å². The van der Waals surface area contributed by atoms with Gasteiger partial charge in [-0.05, 0) is 76.6 Å². The molecule has 4 rings (SSSR count). The number of rotatable bonds is 13. The molecule has 0 aromatic heterocycles. The number of ether oxygens (including phenoxy) is 2. The van der Waals surface area contributed by atoms with Crippen LogP contribution in [0.3, 0.4) is 0 Å². The second-order valence-corrected chi connectivity index (χ2v) is 11.3. The predicted molar refractivity (Wildman–Crippen MR) is 150 cm³/mol. The first-order chi connectivity index (χ1) is 19.2. The van der Waals surface area contributed by atoms with Crippen LogP contribution in [0.2, 0.25) is 0 Å². The van der Waals surface area contributed by atoms with E-state index in [1.54, 1.807) is 33.1 Å². The number of carbonyl (C=O) groups is 4. The third-order valence-electron chi connectivity index (χ3n) is 7.98. The summed E-state index contributed by atoms with van der Waals surface area (Å²) in [5.41, 5.74) is 1.07. The fraction of sp³-hybridized carbons (Fsp3) is 0.600. The molecule has 10 nitrogen and oxygen atoms in total. The fourth-order valence-electron chi connectivity index (χ4n) is 5.26. The summed E-state index contributed by atoms with van der Waals surface area (Å²) in [4.78, 5) is 52.8. The van der Waals surface area contributed by atoms with Gasteiger partial charge in [0.1, 0.15) is 23.4 Å². The predicted octanol–water partition coefficient (Wildman–Crippen LogP) is 1.57. The Balaban J connectivity index is 1.47. The van der Waals surface area contributed by atoms with E-state index in [-0.39, 0.29) is 24.0 Å². The zero-order valence-electron chi connectivity index (χ0n) is 23.7. The Morgan fingerprint density at radius 3 is 2.38 bits per heavy atom. The van der Waals surface area contributed by atoms with Crippen molar-refractivity contribution < 1.29 is 28.7 Å². The average molecular weight is 555 g/mol. The maximum Gasteiger partial charge on any atom is 0.243 e. The Hall–Kier alpha value is -3.24. The molecule has 0 radical (unpaired) electrons. The van der Waals surface area contributed by atoms with Crippen LogP contribution in [0.15, 0.2) is 35.9 Å². The summed E-state index contributed by atoms with van der Waals surface area (Å²) < 4.78 is 10.6. The minimum atomic E-state index is -0.961. The van der Waals surface area contributed by atoms with Crippen molar-refractivity contribution >= 4 is 23.5 Å². The number of piperidine rings is 1. The summed E-state index contributed by atoms with van der Waals surface area (Å²) in [6.45, 7) is 5.14. The number of carbonyl (C=O) groups excluding carboxylic acids is 4. The summed E-state index contributed by atoms with van der Waals surface area (Å²) >= 11 is 0. The van der Waals surface area contributed by atoms with Gasteiger partial charge in [0.15, 0.2) is 5.78 Å². The number of allylic oxidation sites excluding steroid dienone is 1. The highest BCUT2D eigenvalue weighted by atomic mass is 16.6. The standard InChI is InChI=1S/C30H42N4O6/c1-19(32-28(37)22-9-6-14-31-17-22)27(36)34-25(16-21-10-12-23(39-3)13-11-21)29(38)33-24(15-20-7-4-5-8-20)26(35)30(2)18-40-30/h7,10-13,19,22,24-25,31H,4-6,8-9,14-18H2,1-3H3,(H,32,37)(H,33,38)(H,34,36). The fourth-order valence-corrected chi connectivity index (χ4v) is 5.26. The molecule has 5 unspecified atom stereocenters. The van der Waals surface area contributed by atoms with Crippen LogP contribution < -0.4 is 26.0 Å². The van der Waals surface area contributed by atoms with Crippen LogP contribution in [0.1, 0.15) is 57.9 Å². The number of nitrogens with one attached hydrogen (secondary N) is 4. The van der Waals surface area contributed by atoms with Gasteiger partial charge in [0.25, 0.3) is 0 Å². The highest BCUT2D eigenvalue weighted by Gasteiger charge is 2.50. The van der Waals surface area contributed by atoms with E-state index in [9.17, 15) is 19.2 Å². The molecule has 1 aliphatic carbocycles. The average Bonchev–Trinajstić information content (AvgIpc) is 3.50. The van der Waals surface area contributed by atoms with Crippen molar-refractivity contribution in [3.05, 3.63) is 41.5 Å². The highest BCUT2D eigenvalue weighted by Crippen LogP contribution is 2.31. The van der Waals surface area contributed by atoms with Crippen LogP contribution in [-0.4, -0.2) is 74.0 Å². The van der Waals surface area contributed by atoms with Crippen LogP contribution in [0.4, 0.5) is 0 Å². The lowest BCUT2D eigenvalue weighted by Gasteiger charge is -2.26. The van der Waals surface area contributed by atoms with Crippen molar-refractivity contribution in [3.8, 4) is 5.75 Å². The molecular formula is C30H42N4O6. The zero-order valence-corrected chi connectivity index (χ0v) is 23.7. The number of hydrogen-bond donors (Lipinski definition) is 4. The minimum absolute atomic E-state index is 0.162. The third-order valence-corrected chi connectivity index (χ3v) is 7.98. The molecule has 2 heterocycles. The lowest BCUT2D eigenvalue weighted by atomic mass is 9.94. The molecule has 0 saturated carbocycles. The number of Topliss-reactive ketones (excluding diaryl/α,β-unsaturated/α-hetero) is 1. The molecule has 10 heteroatoms. The maximum atomic E-state index is 13.7. The van der Waals surface area contributed by atoms with Crippen molar-refractivity contribution in [2.24, 2.45) is 5.92 Å². The van der Waals surface area contributed by atoms with E-state index >= 15 is 0 Å². The second kappa shape index (κ2) is 13.4. The SMILES string of the molecule is COc1ccc(CC(NC(=O)C(C)NC(=O)C2CCCNC2)C(=O)NC(CC2=CCCC2)C(=O)C2(C)CO2)cc1. The van der Waals surface area contributed by atoms with Gasteiger partial charge >= 0.3 is 0 Å². The van der Waals surface area contributed by atoms with E-state index in [1.165, 1.54) is 0 Å². The van der Waals surface area contributed by atoms with E-state index in [0.29, 0.717) is 25.3 Å². The summed E-state index contributed by atoms with van der Waals surface area (Å²) in [7, 11) is 1.57. The minimum Gasteiger partial charge on any atom is -0.497 e. The van der Waals surface area contributed by atoms with E-state index in [2.05, 4.69) is 27.3 Å². The quantitative estimate of drug-likeness (QED) is 0.215. The summed E-state index contributed by atoms with van der Waals surface area (Å²) in [5.74, 6) is -0.783.